The smallest absolute Gasteiger partial charge is 0.325 e. The lowest BCUT2D eigenvalue weighted by atomic mass is 10.2. The summed E-state index contributed by atoms with van der Waals surface area (Å²) in [6.07, 6.45) is 0.929. The Morgan fingerprint density at radius 1 is 1.04 bits per heavy atom. The number of rotatable bonds is 9. The fourth-order valence-corrected chi connectivity index (χ4v) is 2.30. The van der Waals surface area contributed by atoms with Gasteiger partial charge in [-0.25, -0.2) is 0 Å². The lowest BCUT2D eigenvalue weighted by molar-refractivity contribution is -0.143. The molecule has 0 radical (unpaired) electrons. The van der Waals surface area contributed by atoms with E-state index >= 15 is 0 Å². The molecule has 2 aromatic rings. The molecule has 0 aliphatic rings. The Hall–Kier alpha value is -3.02. The van der Waals surface area contributed by atoms with E-state index in [1.807, 2.05) is 24.3 Å². The average molecular weight is 357 g/mol. The van der Waals surface area contributed by atoms with E-state index in [0.29, 0.717) is 11.3 Å². The van der Waals surface area contributed by atoms with Crippen LogP contribution >= 0.6 is 0 Å². The summed E-state index contributed by atoms with van der Waals surface area (Å²) in [7, 11) is 1.48. The van der Waals surface area contributed by atoms with Crippen molar-refractivity contribution in [3.8, 4) is 11.5 Å². The van der Waals surface area contributed by atoms with E-state index in [2.05, 4.69) is 12.2 Å². The van der Waals surface area contributed by atoms with Crippen molar-refractivity contribution >= 4 is 11.9 Å². The number of methoxy groups -OCH3 is 1. The number of ether oxygens (including phenoxy) is 3. The Labute approximate surface area is 153 Å². The van der Waals surface area contributed by atoms with Gasteiger partial charge in [0.2, 0.25) is 0 Å². The van der Waals surface area contributed by atoms with E-state index in [1.54, 1.807) is 24.3 Å². The maximum Gasteiger partial charge on any atom is 0.325 e. The minimum Gasteiger partial charge on any atom is -0.496 e. The van der Waals surface area contributed by atoms with E-state index in [0.717, 1.165) is 12.2 Å². The second-order valence-electron chi connectivity index (χ2n) is 5.45. The number of amides is 1. The van der Waals surface area contributed by atoms with Gasteiger partial charge in [-0.3, -0.25) is 9.59 Å². The molecule has 0 aromatic heterocycles. The Balaban J connectivity index is 1.69. The Morgan fingerprint density at radius 2 is 1.85 bits per heavy atom. The third kappa shape index (κ3) is 5.81. The van der Waals surface area contributed by atoms with Gasteiger partial charge in [0, 0.05) is 0 Å². The number of para-hydroxylation sites is 1. The summed E-state index contributed by atoms with van der Waals surface area (Å²) in [6.45, 7) is 2.21. The van der Waals surface area contributed by atoms with E-state index in [9.17, 15) is 9.59 Å². The predicted molar refractivity (Wildman–Crippen MR) is 97.6 cm³/mol. The van der Waals surface area contributed by atoms with Gasteiger partial charge in [0.05, 0.1) is 12.7 Å². The van der Waals surface area contributed by atoms with Crippen molar-refractivity contribution < 1.29 is 23.8 Å². The lowest BCUT2D eigenvalue weighted by Gasteiger charge is -2.10. The van der Waals surface area contributed by atoms with Crippen molar-refractivity contribution in [2.24, 2.45) is 0 Å². The molecular formula is C20H23NO5. The number of esters is 1. The molecule has 0 heterocycles. The number of aryl methyl sites for hydroxylation is 1. The molecule has 0 unspecified atom stereocenters. The van der Waals surface area contributed by atoms with Crippen molar-refractivity contribution in [2.45, 2.75) is 13.3 Å². The van der Waals surface area contributed by atoms with Gasteiger partial charge in [-0.2, -0.15) is 0 Å². The van der Waals surface area contributed by atoms with Gasteiger partial charge in [0.25, 0.3) is 5.91 Å². The molecule has 2 aromatic carbocycles. The van der Waals surface area contributed by atoms with Crippen LogP contribution in [0.2, 0.25) is 0 Å². The third-order valence-corrected chi connectivity index (χ3v) is 3.67. The summed E-state index contributed by atoms with van der Waals surface area (Å²) in [5.74, 6) is 0.261. The third-order valence-electron chi connectivity index (χ3n) is 3.67. The molecule has 0 atom stereocenters. The molecule has 26 heavy (non-hydrogen) atoms. The molecule has 0 bridgehead atoms. The van der Waals surface area contributed by atoms with Gasteiger partial charge < -0.3 is 19.5 Å². The van der Waals surface area contributed by atoms with Gasteiger partial charge in [0.1, 0.15) is 31.3 Å². The van der Waals surface area contributed by atoms with E-state index in [-0.39, 0.29) is 19.8 Å². The zero-order chi connectivity index (χ0) is 18.8. The van der Waals surface area contributed by atoms with Crippen LogP contribution in [-0.4, -0.2) is 38.7 Å². The second kappa shape index (κ2) is 10.1. The quantitative estimate of drug-likeness (QED) is 0.552. The molecule has 0 aliphatic heterocycles. The first-order valence-corrected chi connectivity index (χ1v) is 8.42. The van der Waals surface area contributed by atoms with Crippen molar-refractivity contribution in [2.75, 3.05) is 26.9 Å². The van der Waals surface area contributed by atoms with Crippen LogP contribution < -0.4 is 14.8 Å². The number of hydrogen-bond donors (Lipinski definition) is 1. The molecule has 0 fully saturated rings. The van der Waals surface area contributed by atoms with Gasteiger partial charge in [-0.05, 0) is 36.2 Å². The largest absolute Gasteiger partial charge is 0.496 e. The first-order valence-electron chi connectivity index (χ1n) is 8.42. The maximum atomic E-state index is 12.1. The minimum atomic E-state index is -0.529. The van der Waals surface area contributed by atoms with Crippen LogP contribution in [0.1, 0.15) is 22.8 Å². The summed E-state index contributed by atoms with van der Waals surface area (Å²) in [5.41, 5.74) is 1.54. The summed E-state index contributed by atoms with van der Waals surface area (Å²) < 4.78 is 15.7. The summed E-state index contributed by atoms with van der Waals surface area (Å²) in [6, 6.07) is 14.5. The molecule has 1 N–H and O–H groups in total. The predicted octanol–water partition coefficient (Wildman–Crippen LogP) is 2.61. The number of carbonyl (C=O) groups is 2. The zero-order valence-electron chi connectivity index (χ0n) is 15.0. The first kappa shape index (κ1) is 19.3. The van der Waals surface area contributed by atoms with Crippen molar-refractivity contribution in [1.29, 1.82) is 0 Å². The highest BCUT2D eigenvalue weighted by Gasteiger charge is 2.13. The van der Waals surface area contributed by atoms with Crippen molar-refractivity contribution in [3.05, 3.63) is 59.7 Å². The van der Waals surface area contributed by atoms with Crippen molar-refractivity contribution in [1.82, 2.24) is 5.32 Å². The second-order valence-corrected chi connectivity index (χ2v) is 5.45. The van der Waals surface area contributed by atoms with Crippen LogP contribution in [0.4, 0.5) is 0 Å². The average Bonchev–Trinajstić information content (AvgIpc) is 2.69. The topological polar surface area (TPSA) is 73.9 Å². The van der Waals surface area contributed by atoms with Crippen LogP contribution in [0.25, 0.3) is 0 Å². The van der Waals surface area contributed by atoms with E-state index < -0.39 is 11.9 Å². The fraction of sp³-hybridized carbons (Fsp3) is 0.300. The summed E-state index contributed by atoms with van der Waals surface area (Å²) >= 11 is 0. The van der Waals surface area contributed by atoms with Gasteiger partial charge in [0.15, 0.2) is 0 Å². The molecule has 138 valence electrons. The van der Waals surface area contributed by atoms with E-state index in [1.165, 1.54) is 12.7 Å². The molecule has 0 aliphatic carbocycles. The monoisotopic (exact) mass is 357 g/mol. The summed E-state index contributed by atoms with van der Waals surface area (Å²) in [5, 5.41) is 2.51. The van der Waals surface area contributed by atoms with Crippen LogP contribution in [0.3, 0.4) is 0 Å². The first-order chi connectivity index (χ1) is 12.6. The highest BCUT2D eigenvalue weighted by molar-refractivity contribution is 5.98. The fourth-order valence-electron chi connectivity index (χ4n) is 2.30. The molecule has 1 amide bonds. The molecule has 2 rings (SSSR count). The van der Waals surface area contributed by atoms with Gasteiger partial charge >= 0.3 is 5.97 Å². The van der Waals surface area contributed by atoms with Crippen molar-refractivity contribution in [3.63, 3.8) is 0 Å². The van der Waals surface area contributed by atoms with E-state index in [4.69, 9.17) is 14.2 Å². The standard InChI is InChI=1S/C20H23NO5/c1-3-15-7-6-8-16(13-15)25-11-12-26-19(22)14-21-20(23)17-9-4-5-10-18(17)24-2/h4-10,13H,3,11-12,14H2,1-2H3,(H,21,23). The Kier molecular flexibility index (Phi) is 7.49. The summed E-state index contributed by atoms with van der Waals surface area (Å²) in [4.78, 5) is 23.8. The molecule has 0 saturated carbocycles. The van der Waals surface area contributed by atoms with Crippen LogP contribution in [0.15, 0.2) is 48.5 Å². The molecule has 0 saturated heterocycles. The lowest BCUT2D eigenvalue weighted by Crippen LogP contribution is -2.31. The molecule has 6 nitrogen and oxygen atoms in total. The number of hydrogen-bond acceptors (Lipinski definition) is 5. The maximum absolute atomic E-state index is 12.1. The zero-order valence-corrected chi connectivity index (χ0v) is 15.0. The highest BCUT2D eigenvalue weighted by Crippen LogP contribution is 2.16. The molecule has 6 heteroatoms. The van der Waals surface area contributed by atoms with Crippen LogP contribution in [0.5, 0.6) is 11.5 Å². The van der Waals surface area contributed by atoms with Crippen LogP contribution in [-0.2, 0) is 16.0 Å². The Bertz CT molecular complexity index is 744. The minimum absolute atomic E-state index is 0.111. The molecule has 0 spiro atoms. The number of nitrogens with one attached hydrogen (secondary N) is 1. The van der Waals surface area contributed by atoms with Gasteiger partial charge in [-0.15, -0.1) is 0 Å². The highest BCUT2D eigenvalue weighted by atomic mass is 16.6. The normalized spacial score (nSPS) is 10.1. The Morgan fingerprint density at radius 3 is 2.62 bits per heavy atom. The number of carbonyl (C=O) groups excluding carboxylic acids is 2. The number of benzene rings is 2. The van der Waals surface area contributed by atoms with Crippen LogP contribution in [0, 0.1) is 0 Å². The SMILES string of the molecule is CCc1cccc(OCCOC(=O)CNC(=O)c2ccccc2OC)c1. The molecular weight excluding hydrogens is 334 g/mol. The van der Waals surface area contributed by atoms with Gasteiger partial charge in [-0.1, -0.05) is 31.2 Å².